The highest BCUT2D eigenvalue weighted by atomic mass is 16.5. The van der Waals surface area contributed by atoms with Gasteiger partial charge in [0.25, 0.3) is 0 Å². The van der Waals surface area contributed by atoms with Crippen molar-refractivity contribution in [3.63, 3.8) is 0 Å². The van der Waals surface area contributed by atoms with E-state index >= 15 is 0 Å². The number of rotatable bonds is 1. The van der Waals surface area contributed by atoms with Crippen LogP contribution in [0.1, 0.15) is 73.1 Å². The largest absolute Gasteiger partial charge is 0.458 e. The van der Waals surface area contributed by atoms with Crippen molar-refractivity contribution >= 4 is 17.5 Å². The standard InChI is InChI=1S/C22H32O4/c1-13(2)21-17-9-7-14(3)18(24)10-8-15(4)20(26-16(5)23)12-22(17,6)11-19(21)25/h14,17,20H,4,7-12H2,1-3,5-6H3/t14-,17+,20+,22-/m1/s1. The minimum absolute atomic E-state index is 0.0218. The van der Waals surface area contributed by atoms with E-state index in [9.17, 15) is 14.4 Å². The van der Waals surface area contributed by atoms with Gasteiger partial charge in [-0.05, 0) is 62.0 Å². The smallest absolute Gasteiger partial charge is 0.303 e. The Morgan fingerprint density at radius 1 is 1.15 bits per heavy atom. The predicted octanol–water partition coefficient (Wildman–Crippen LogP) is 4.58. The highest BCUT2D eigenvalue weighted by molar-refractivity contribution is 5.99. The van der Waals surface area contributed by atoms with Crippen molar-refractivity contribution in [2.45, 2.75) is 79.2 Å². The first kappa shape index (κ1) is 20.6. The minimum atomic E-state index is -0.439. The summed E-state index contributed by atoms with van der Waals surface area (Å²) in [6, 6.07) is 0. The molecule has 0 aromatic heterocycles. The third-order valence-electron chi connectivity index (χ3n) is 6.14. The Kier molecular flexibility index (Phi) is 6.25. The topological polar surface area (TPSA) is 60.4 Å². The van der Waals surface area contributed by atoms with E-state index in [-0.39, 0.29) is 34.8 Å². The van der Waals surface area contributed by atoms with Gasteiger partial charge in [0.15, 0.2) is 5.78 Å². The van der Waals surface area contributed by atoms with Gasteiger partial charge >= 0.3 is 5.97 Å². The van der Waals surface area contributed by atoms with Crippen molar-refractivity contribution in [3.05, 3.63) is 23.3 Å². The average Bonchev–Trinajstić information content (AvgIpc) is 2.77. The van der Waals surface area contributed by atoms with Crippen LogP contribution in [0.2, 0.25) is 0 Å². The second-order valence-corrected chi connectivity index (χ2v) is 8.63. The summed E-state index contributed by atoms with van der Waals surface area (Å²) < 4.78 is 5.57. The number of carbonyl (C=O) groups is 3. The summed E-state index contributed by atoms with van der Waals surface area (Å²) >= 11 is 0. The maximum Gasteiger partial charge on any atom is 0.303 e. The fraction of sp³-hybridized carbons (Fsp3) is 0.682. The highest BCUT2D eigenvalue weighted by Crippen LogP contribution is 2.52. The SMILES string of the molecule is C=C1CCC(=O)[C@H](C)CC[C@H]2C(=C(C)C)C(=O)C[C@]2(C)C[C@@H]1OC(C)=O. The molecule has 0 unspecified atom stereocenters. The molecule has 2 aliphatic carbocycles. The first-order valence-corrected chi connectivity index (χ1v) is 9.63. The summed E-state index contributed by atoms with van der Waals surface area (Å²) in [5, 5.41) is 0. The molecule has 4 atom stereocenters. The van der Waals surface area contributed by atoms with Crippen LogP contribution in [-0.4, -0.2) is 23.6 Å². The number of esters is 1. The van der Waals surface area contributed by atoms with Gasteiger partial charge < -0.3 is 4.74 Å². The quantitative estimate of drug-likeness (QED) is 0.390. The van der Waals surface area contributed by atoms with Crippen LogP contribution in [0, 0.1) is 17.3 Å². The molecule has 2 rings (SSSR count). The van der Waals surface area contributed by atoms with Crippen LogP contribution in [0.15, 0.2) is 23.3 Å². The number of hydrogen-bond donors (Lipinski definition) is 0. The van der Waals surface area contributed by atoms with E-state index in [2.05, 4.69) is 13.5 Å². The van der Waals surface area contributed by atoms with E-state index in [4.69, 9.17) is 4.74 Å². The molecule has 0 aromatic carbocycles. The molecule has 2 fully saturated rings. The van der Waals surface area contributed by atoms with Crippen LogP contribution in [0.4, 0.5) is 0 Å². The molecule has 0 N–H and O–H groups in total. The summed E-state index contributed by atoms with van der Waals surface area (Å²) in [6.07, 6.45) is 3.18. The van der Waals surface area contributed by atoms with Crippen LogP contribution >= 0.6 is 0 Å². The Morgan fingerprint density at radius 2 is 1.81 bits per heavy atom. The maximum atomic E-state index is 12.8. The molecule has 0 aromatic rings. The van der Waals surface area contributed by atoms with Gasteiger partial charge in [-0.15, -0.1) is 0 Å². The molecular weight excluding hydrogens is 328 g/mol. The number of ether oxygens (including phenoxy) is 1. The summed E-state index contributed by atoms with van der Waals surface area (Å²) in [5.74, 6) is 0.142. The number of fused-ring (bicyclic) bond motifs is 1. The van der Waals surface area contributed by atoms with Crippen LogP contribution in [0.5, 0.6) is 0 Å². The lowest BCUT2D eigenvalue weighted by molar-refractivity contribution is -0.146. The van der Waals surface area contributed by atoms with E-state index in [1.54, 1.807) is 0 Å². The van der Waals surface area contributed by atoms with Gasteiger partial charge in [-0.1, -0.05) is 26.0 Å². The van der Waals surface area contributed by atoms with Gasteiger partial charge in [-0.2, -0.15) is 0 Å². The van der Waals surface area contributed by atoms with Gasteiger partial charge in [-0.3, -0.25) is 14.4 Å². The molecular formula is C22H32O4. The molecule has 2 saturated carbocycles. The molecule has 0 aliphatic heterocycles. The lowest BCUT2D eigenvalue weighted by atomic mass is 9.71. The molecule has 0 heterocycles. The number of allylic oxidation sites excluding steroid dienone is 2. The molecule has 0 bridgehead atoms. The monoisotopic (exact) mass is 360 g/mol. The average molecular weight is 360 g/mol. The lowest BCUT2D eigenvalue weighted by Crippen LogP contribution is -2.31. The van der Waals surface area contributed by atoms with Crippen LogP contribution in [0.3, 0.4) is 0 Å². The Labute approximate surface area is 157 Å². The summed E-state index contributed by atoms with van der Waals surface area (Å²) in [7, 11) is 0. The Hall–Kier alpha value is -1.71. The van der Waals surface area contributed by atoms with E-state index < -0.39 is 6.10 Å². The van der Waals surface area contributed by atoms with Crippen molar-refractivity contribution in [3.8, 4) is 0 Å². The number of Topliss-reactive ketones (excluding diaryl/α,β-unsaturated/α-hetero) is 2. The van der Waals surface area contributed by atoms with E-state index in [1.165, 1.54) is 6.92 Å². The predicted molar refractivity (Wildman–Crippen MR) is 102 cm³/mol. The van der Waals surface area contributed by atoms with Crippen molar-refractivity contribution in [1.82, 2.24) is 0 Å². The van der Waals surface area contributed by atoms with Gasteiger partial charge in [0.2, 0.25) is 0 Å². The number of ketones is 2. The summed E-state index contributed by atoms with van der Waals surface area (Å²) in [6.45, 7) is 13.6. The summed E-state index contributed by atoms with van der Waals surface area (Å²) in [5.41, 5.74) is 2.47. The molecule has 0 saturated heterocycles. The van der Waals surface area contributed by atoms with Gasteiger partial charge in [0, 0.05) is 25.7 Å². The van der Waals surface area contributed by atoms with Gasteiger partial charge in [0.1, 0.15) is 11.9 Å². The van der Waals surface area contributed by atoms with E-state index in [1.807, 2.05) is 20.8 Å². The molecule has 0 radical (unpaired) electrons. The highest BCUT2D eigenvalue weighted by Gasteiger charge is 2.48. The maximum absolute atomic E-state index is 12.8. The fourth-order valence-corrected chi connectivity index (χ4v) is 4.62. The van der Waals surface area contributed by atoms with Gasteiger partial charge in [-0.25, -0.2) is 0 Å². The Bertz CT molecular complexity index is 653. The van der Waals surface area contributed by atoms with Crippen molar-refractivity contribution in [1.29, 1.82) is 0 Å². The molecule has 2 aliphatic rings. The number of hydrogen-bond acceptors (Lipinski definition) is 4. The third kappa shape index (κ3) is 4.33. The van der Waals surface area contributed by atoms with Crippen molar-refractivity contribution in [2.24, 2.45) is 17.3 Å². The Balaban J connectivity index is 2.45. The molecule has 26 heavy (non-hydrogen) atoms. The molecule has 0 spiro atoms. The van der Waals surface area contributed by atoms with Crippen molar-refractivity contribution < 1.29 is 19.1 Å². The molecule has 144 valence electrons. The molecule has 4 nitrogen and oxygen atoms in total. The van der Waals surface area contributed by atoms with Crippen molar-refractivity contribution in [2.75, 3.05) is 0 Å². The third-order valence-corrected chi connectivity index (χ3v) is 6.14. The summed E-state index contributed by atoms with van der Waals surface area (Å²) in [4.78, 5) is 36.8. The second kappa shape index (κ2) is 7.89. The van der Waals surface area contributed by atoms with E-state index in [0.29, 0.717) is 25.7 Å². The van der Waals surface area contributed by atoms with E-state index in [0.717, 1.165) is 29.6 Å². The minimum Gasteiger partial charge on any atom is -0.458 e. The molecule has 4 heteroatoms. The zero-order valence-electron chi connectivity index (χ0n) is 16.8. The number of carbonyl (C=O) groups excluding carboxylic acids is 3. The lowest BCUT2D eigenvalue weighted by Gasteiger charge is -2.35. The zero-order valence-corrected chi connectivity index (χ0v) is 16.8. The normalized spacial score (nSPS) is 33.5. The second-order valence-electron chi connectivity index (χ2n) is 8.63. The van der Waals surface area contributed by atoms with Crippen LogP contribution < -0.4 is 0 Å². The first-order valence-electron chi connectivity index (χ1n) is 9.63. The first-order chi connectivity index (χ1) is 12.0. The molecule has 0 amide bonds. The van der Waals surface area contributed by atoms with Crippen LogP contribution in [-0.2, 0) is 19.1 Å². The fourth-order valence-electron chi connectivity index (χ4n) is 4.62. The van der Waals surface area contributed by atoms with Crippen LogP contribution in [0.25, 0.3) is 0 Å². The van der Waals surface area contributed by atoms with Gasteiger partial charge in [0.05, 0.1) is 0 Å². The zero-order chi connectivity index (χ0) is 19.6. The Morgan fingerprint density at radius 3 is 2.38 bits per heavy atom.